The Kier molecular flexibility index (Phi) is 6.91. The molecule has 3 heterocycles. The molecule has 0 fully saturated rings. The minimum absolute atomic E-state index is 0.169. The Morgan fingerprint density at radius 1 is 0.533 bits per heavy atom. The molecule has 0 saturated heterocycles. The number of thiophene rings is 1. The highest BCUT2D eigenvalue weighted by atomic mass is 32.1. The lowest BCUT2D eigenvalue weighted by atomic mass is 9.82. The summed E-state index contributed by atoms with van der Waals surface area (Å²) >= 11 is 1.86. The van der Waals surface area contributed by atoms with Crippen LogP contribution in [-0.4, -0.2) is 14.5 Å². The summed E-state index contributed by atoms with van der Waals surface area (Å²) in [5.74, 6) is 1.48. The fourth-order valence-corrected chi connectivity index (χ4v) is 11.5. The first-order chi connectivity index (χ1) is 29.5. The van der Waals surface area contributed by atoms with Crippen molar-refractivity contribution in [1.29, 1.82) is 0 Å². The van der Waals surface area contributed by atoms with Crippen molar-refractivity contribution in [1.82, 2.24) is 14.5 Å². The predicted molar refractivity (Wildman–Crippen MR) is 254 cm³/mol. The van der Waals surface area contributed by atoms with Crippen molar-refractivity contribution in [2.45, 2.75) is 19.3 Å². The van der Waals surface area contributed by atoms with E-state index in [1.807, 2.05) is 11.3 Å². The maximum atomic E-state index is 5.82. The molecule has 0 saturated carbocycles. The fraction of sp³-hybridized carbons (Fsp3) is 0.0545. The van der Waals surface area contributed by atoms with Crippen molar-refractivity contribution in [2.75, 3.05) is 4.90 Å². The molecule has 1 aliphatic rings. The molecule has 0 radical (unpaired) electrons. The summed E-state index contributed by atoms with van der Waals surface area (Å²) in [6, 6.07) is 66.1. The fourth-order valence-electron chi connectivity index (χ4n) is 10.3. The van der Waals surface area contributed by atoms with Gasteiger partial charge in [-0.15, -0.1) is 11.3 Å². The van der Waals surface area contributed by atoms with E-state index in [9.17, 15) is 0 Å². The van der Waals surface area contributed by atoms with Crippen LogP contribution in [0.4, 0.5) is 17.2 Å². The summed E-state index contributed by atoms with van der Waals surface area (Å²) in [6.07, 6.45) is 0. The Labute approximate surface area is 350 Å². The first-order valence-corrected chi connectivity index (χ1v) is 21.4. The Bertz CT molecular complexity index is 3780. The van der Waals surface area contributed by atoms with Gasteiger partial charge in [-0.1, -0.05) is 153 Å². The third-order valence-electron chi connectivity index (χ3n) is 13.0. The topological polar surface area (TPSA) is 34.0 Å². The first kappa shape index (κ1) is 33.6. The second-order valence-electron chi connectivity index (χ2n) is 16.5. The molecular weight excluding hydrogens is 749 g/mol. The molecule has 0 unspecified atom stereocenters. The van der Waals surface area contributed by atoms with Gasteiger partial charge in [-0.05, 0) is 80.7 Å². The van der Waals surface area contributed by atoms with Crippen molar-refractivity contribution >= 4 is 103 Å². The summed E-state index contributed by atoms with van der Waals surface area (Å²) in [7, 11) is 0. The molecule has 60 heavy (non-hydrogen) atoms. The molecule has 5 heteroatoms. The molecule has 0 spiro atoms. The molecule has 4 nitrogen and oxygen atoms in total. The summed E-state index contributed by atoms with van der Waals surface area (Å²) in [5.41, 5.74) is 10.2. The predicted octanol–water partition coefficient (Wildman–Crippen LogP) is 15.2. The van der Waals surface area contributed by atoms with Gasteiger partial charge in [-0.2, -0.15) is 4.98 Å². The Hall–Kier alpha value is -7.34. The second kappa shape index (κ2) is 12.3. The van der Waals surface area contributed by atoms with E-state index in [2.05, 4.69) is 205 Å². The van der Waals surface area contributed by atoms with Gasteiger partial charge in [0, 0.05) is 48.3 Å². The van der Waals surface area contributed by atoms with E-state index in [-0.39, 0.29) is 5.41 Å². The third kappa shape index (κ3) is 4.55. The van der Waals surface area contributed by atoms with Crippen molar-refractivity contribution in [3.63, 3.8) is 0 Å². The highest BCUT2D eigenvalue weighted by molar-refractivity contribution is 7.27. The van der Waals surface area contributed by atoms with Crippen LogP contribution in [0.15, 0.2) is 182 Å². The van der Waals surface area contributed by atoms with Gasteiger partial charge in [0.05, 0.1) is 26.9 Å². The van der Waals surface area contributed by atoms with E-state index < -0.39 is 0 Å². The monoisotopic (exact) mass is 784 g/mol. The van der Waals surface area contributed by atoms with Gasteiger partial charge in [-0.3, -0.25) is 9.47 Å². The largest absolute Gasteiger partial charge is 0.294 e. The highest BCUT2D eigenvalue weighted by Crippen LogP contribution is 2.55. The molecule has 9 aromatic carbocycles. The number of hydrogen-bond acceptors (Lipinski definition) is 4. The molecule has 282 valence electrons. The van der Waals surface area contributed by atoms with Gasteiger partial charge < -0.3 is 0 Å². The molecule has 0 aliphatic heterocycles. The minimum Gasteiger partial charge on any atom is -0.294 e. The molecule has 1 aliphatic carbocycles. The Morgan fingerprint density at radius 3 is 2.07 bits per heavy atom. The summed E-state index contributed by atoms with van der Waals surface area (Å²) in [6.45, 7) is 4.70. The van der Waals surface area contributed by atoms with Crippen LogP contribution in [0.1, 0.15) is 25.0 Å². The van der Waals surface area contributed by atoms with E-state index >= 15 is 0 Å². The molecular formula is C55H36N4S. The molecule has 3 aromatic heterocycles. The Morgan fingerprint density at radius 2 is 1.20 bits per heavy atom. The number of rotatable bonds is 4. The minimum atomic E-state index is -0.169. The highest BCUT2D eigenvalue weighted by Gasteiger charge is 2.38. The first-order valence-electron chi connectivity index (χ1n) is 20.6. The molecule has 0 atom stereocenters. The van der Waals surface area contributed by atoms with Crippen molar-refractivity contribution < 1.29 is 0 Å². The molecule has 12 aromatic rings. The van der Waals surface area contributed by atoms with Crippen molar-refractivity contribution in [3.8, 4) is 17.1 Å². The number of aromatic nitrogens is 3. The number of benzene rings is 9. The van der Waals surface area contributed by atoms with Crippen LogP contribution in [-0.2, 0) is 5.41 Å². The summed E-state index contributed by atoms with van der Waals surface area (Å²) < 4.78 is 4.85. The lowest BCUT2D eigenvalue weighted by Crippen LogP contribution is -2.17. The standard InChI is InChI=1S/C55H36N4S/c1-55(2)42-24-11-7-20-38(42)50-43(55)25-15-28-46(50)58(35-31-30-33-16-3-4-17-34(33)32-35)53-39-21-8-12-26-44(39)56-54(57-53)59-45-27-13-9-22-40(45)48-36-18-5-6-19-37(36)49-41-23-10-14-29-47(41)60-52(49)51(48)59/h3-32H,1-2H3. The SMILES string of the molecule is CC1(C)c2ccccc2-c2c(N(c3ccc4ccccc4c3)c3nc(-n4c5ccccc5c5c6ccccc6c6c7ccccc7sc6c54)nc4ccccc34)cccc21. The summed E-state index contributed by atoms with van der Waals surface area (Å²) in [5, 5.41) is 10.8. The van der Waals surface area contributed by atoms with Crippen molar-refractivity contribution in [2.24, 2.45) is 0 Å². The lowest BCUT2D eigenvalue weighted by Gasteiger charge is -2.29. The van der Waals surface area contributed by atoms with Crippen LogP contribution in [0.2, 0.25) is 0 Å². The van der Waals surface area contributed by atoms with Crippen LogP contribution in [0, 0.1) is 0 Å². The quantitative estimate of drug-likeness (QED) is 0.178. The van der Waals surface area contributed by atoms with E-state index in [1.165, 1.54) is 74.7 Å². The van der Waals surface area contributed by atoms with Crippen LogP contribution < -0.4 is 4.90 Å². The average molecular weight is 785 g/mol. The average Bonchev–Trinajstić information content (AvgIpc) is 3.93. The number of fused-ring (bicyclic) bond motifs is 15. The van der Waals surface area contributed by atoms with Gasteiger partial charge in [0.1, 0.15) is 0 Å². The molecule has 0 bridgehead atoms. The number of anilines is 3. The maximum absolute atomic E-state index is 5.82. The number of hydrogen-bond donors (Lipinski definition) is 0. The van der Waals surface area contributed by atoms with E-state index in [1.54, 1.807) is 0 Å². The van der Waals surface area contributed by atoms with E-state index in [0.717, 1.165) is 39.1 Å². The van der Waals surface area contributed by atoms with Crippen LogP contribution >= 0.6 is 11.3 Å². The smallest absolute Gasteiger partial charge is 0.237 e. The van der Waals surface area contributed by atoms with E-state index in [4.69, 9.17) is 9.97 Å². The zero-order valence-corrected chi connectivity index (χ0v) is 33.8. The van der Waals surface area contributed by atoms with Crippen LogP contribution in [0.3, 0.4) is 0 Å². The third-order valence-corrected chi connectivity index (χ3v) is 14.1. The van der Waals surface area contributed by atoms with Crippen LogP contribution in [0.5, 0.6) is 0 Å². The van der Waals surface area contributed by atoms with Crippen molar-refractivity contribution in [3.05, 3.63) is 193 Å². The van der Waals surface area contributed by atoms with Crippen LogP contribution in [0.25, 0.3) is 91.5 Å². The zero-order chi connectivity index (χ0) is 39.7. The van der Waals surface area contributed by atoms with Gasteiger partial charge in [-0.25, -0.2) is 4.98 Å². The Balaban J connectivity index is 1.19. The molecule has 0 N–H and O–H groups in total. The molecule has 13 rings (SSSR count). The maximum Gasteiger partial charge on any atom is 0.237 e. The van der Waals surface area contributed by atoms with Gasteiger partial charge in [0.15, 0.2) is 5.82 Å². The number of para-hydroxylation sites is 2. The van der Waals surface area contributed by atoms with Gasteiger partial charge >= 0.3 is 0 Å². The second-order valence-corrected chi connectivity index (χ2v) is 17.6. The summed E-state index contributed by atoms with van der Waals surface area (Å²) in [4.78, 5) is 13.7. The van der Waals surface area contributed by atoms with E-state index in [0.29, 0.717) is 5.95 Å². The lowest BCUT2D eigenvalue weighted by molar-refractivity contribution is 0.660. The van der Waals surface area contributed by atoms with Gasteiger partial charge in [0.2, 0.25) is 5.95 Å². The van der Waals surface area contributed by atoms with Gasteiger partial charge in [0.25, 0.3) is 0 Å². The zero-order valence-electron chi connectivity index (χ0n) is 33.0. The number of nitrogens with zero attached hydrogens (tertiary/aromatic N) is 4. The normalized spacial score (nSPS) is 13.3. The molecule has 0 amide bonds.